The van der Waals surface area contributed by atoms with E-state index in [4.69, 9.17) is 5.11 Å². The molecule has 3 atom stereocenters. The predicted molar refractivity (Wildman–Crippen MR) is 62.5 cm³/mol. The van der Waals surface area contributed by atoms with Crippen LogP contribution in [0.4, 0.5) is 0 Å². The Morgan fingerprint density at radius 3 is 2.71 bits per heavy atom. The molecule has 0 radical (unpaired) electrons. The molecule has 2 aliphatic rings. The molecule has 3 N–H and O–H groups in total. The summed E-state index contributed by atoms with van der Waals surface area (Å²) in [5.41, 5.74) is 0. The summed E-state index contributed by atoms with van der Waals surface area (Å²) in [5, 5.41) is 15.2. The summed E-state index contributed by atoms with van der Waals surface area (Å²) in [5.74, 6) is -1.19. The molecule has 5 heteroatoms. The fraction of sp³-hybridized carbons (Fsp3) is 0.833. The molecule has 96 valence electrons. The first kappa shape index (κ1) is 12.4. The average molecular weight is 240 g/mol. The van der Waals surface area contributed by atoms with Crippen LogP contribution in [0.25, 0.3) is 0 Å². The number of aliphatic carboxylic acids is 1. The molecule has 2 rings (SSSR count). The third-order valence-corrected chi connectivity index (χ3v) is 3.77. The van der Waals surface area contributed by atoms with Gasteiger partial charge in [0.05, 0.1) is 5.92 Å². The highest BCUT2D eigenvalue weighted by Crippen LogP contribution is 2.26. The fourth-order valence-electron chi connectivity index (χ4n) is 2.85. The third-order valence-electron chi connectivity index (χ3n) is 3.77. The Kier molecular flexibility index (Phi) is 3.99. The van der Waals surface area contributed by atoms with Crippen molar-refractivity contribution in [2.45, 2.75) is 50.6 Å². The van der Waals surface area contributed by atoms with Gasteiger partial charge in [-0.15, -0.1) is 0 Å². The molecule has 1 aliphatic carbocycles. The number of carboxylic acids is 1. The van der Waals surface area contributed by atoms with Gasteiger partial charge in [-0.05, 0) is 32.2 Å². The van der Waals surface area contributed by atoms with Crippen LogP contribution >= 0.6 is 0 Å². The zero-order valence-electron chi connectivity index (χ0n) is 9.95. The van der Waals surface area contributed by atoms with Gasteiger partial charge in [-0.25, -0.2) is 0 Å². The van der Waals surface area contributed by atoms with Crippen molar-refractivity contribution in [3.63, 3.8) is 0 Å². The minimum Gasteiger partial charge on any atom is -0.481 e. The maximum atomic E-state index is 11.8. The number of carboxylic acid groups (broad SMARTS) is 1. The van der Waals surface area contributed by atoms with E-state index in [0.29, 0.717) is 12.8 Å². The Labute approximate surface area is 101 Å². The van der Waals surface area contributed by atoms with Crippen LogP contribution in [-0.2, 0) is 9.59 Å². The molecule has 0 aromatic rings. The number of carbonyl (C=O) groups is 2. The Hall–Kier alpha value is -1.10. The first-order chi connectivity index (χ1) is 8.16. The third kappa shape index (κ3) is 3.19. The van der Waals surface area contributed by atoms with Crippen molar-refractivity contribution in [1.82, 2.24) is 10.6 Å². The van der Waals surface area contributed by atoms with Gasteiger partial charge in [0.25, 0.3) is 0 Å². The van der Waals surface area contributed by atoms with E-state index in [1.807, 2.05) is 0 Å². The molecular formula is C12H20N2O3. The molecule has 3 unspecified atom stereocenters. The fourth-order valence-corrected chi connectivity index (χ4v) is 2.85. The number of rotatable bonds is 4. The topological polar surface area (TPSA) is 78.4 Å². The minimum atomic E-state index is -0.785. The second-order valence-electron chi connectivity index (χ2n) is 5.05. The molecule has 1 heterocycles. The summed E-state index contributed by atoms with van der Waals surface area (Å²) < 4.78 is 0. The largest absolute Gasteiger partial charge is 0.481 e. The number of amides is 1. The van der Waals surface area contributed by atoms with Gasteiger partial charge in [0.1, 0.15) is 0 Å². The minimum absolute atomic E-state index is 0.0115. The first-order valence-electron chi connectivity index (χ1n) is 6.42. The molecule has 0 spiro atoms. The van der Waals surface area contributed by atoms with Crippen molar-refractivity contribution in [2.75, 3.05) is 6.54 Å². The van der Waals surface area contributed by atoms with Crippen molar-refractivity contribution >= 4 is 11.9 Å². The van der Waals surface area contributed by atoms with E-state index in [-0.39, 0.29) is 18.0 Å². The number of hydrogen-bond acceptors (Lipinski definition) is 3. The van der Waals surface area contributed by atoms with Crippen molar-refractivity contribution in [2.24, 2.45) is 5.92 Å². The second kappa shape index (κ2) is 5.49. The van der Waals surface area contributed by atoms with E-state index in [1.165, 1.54) is 0 Å². The van der Waals surface area contributed by atoms with E-state index in [1.54, 1.807) is 0 Å². The van der Waals surface area contributed by atoms with Crippen LogP contribution in [0.1, 0.15) is 38.5 Å². The van der Waals surface area contributed by atoms with Crippen LogP contribution < -0.4 is 10.6 Å². The lowest BCUT2D eigenvalue weighted by Crippen LogP contribution is -2.42. The van der Waals surface area contributed by atoms with Crippen LogP contribution in [0.15, 0.2) is 0 Å². The van der Waals surface area contributed by atoms with Crippen LogP contribution in [0.2, 0.25) is 0 Å². The summed E-state index contributed by atoms with van der Waals surface area (Å²) in [6.45, 7) is 0.985. The highest BCUT2D eigenvalue weighted by Gasteiger charge is 2.34. The van der Waals surface area contributed by atoms with Gasteiger partial charge in [0.2, 0.25) is 5.91 Å². The summed E-state index contributed by atoms with van der Waals surface area (Å²) in [7, 11) is 0. The van der Waals surface area contributed by atoms with Gasteiger partial charge >= 0.3 is 5.97 Å². The monoisotopic (exact) mass is 240 g/mol. The SMILES string of the molecule is O=C(CC1CCCN1)NC1CCCC1C(=O)O. The van der Waals surface area contributed by atoms with Gasteiger partial charge in [-0.2, -0.15) is 0 Å². The highest BCUT2D eigenvalue weighted by molar-refractivity contribution is 5.78. The van der Waals surface area contributed by atoms with E-state index in [2.05, 4.69) is 10.6 Å². The maximum Gasteiger partial charge on any atom is 0.308 e. The molecule has 1 saturated carbocycles. The Bertz CT molecular complexity index is 300. The quantitative estimate of drug-likeness (QED) is 0.668. The summed E-state index contributed by atoms with van der Waals surface area (Å²) >= 11 is 0. The first-order valence-corrected chi connectivity index (χ1v) is 6.42. The molecule has 1 saturated heterocycles. The zero-order chi connectivity index (χ0) is 12.3. The summed E-state index contributed by atoms with van der Waals surface area (Å²) in [6, 6.07) is 0.112. The van der Waals surface area contributed by atoms with Crippen molar-refractivity contribution in [1.29, 1.82) is 0 Å². The lowest BCUT2D eigenvalue weighted by Gasteiger charge is -2.19. The van der Waals surface area contributed by atoms with Crippen molar-refractivity contribution in [3.05, 3.63) is 0 Å². The van der Waals surface area contributed by atoms with E-state index < -0.39 is 11.9 Å². The zero-order valence-corrected chi connectivity index (χ0v) is 9.95. The van der Waals surface area contributed by atoms with Gasteiger partial charge in [-0.1, -0.05) is 6.42 Å². The van der Waals surface area contributed by atoms with Crippen molar-refractivity contribution in [3.8, 4) is 0 Å². The van der Waals surface area contributed by atoms with Gasteiger partial charge in [0, 0.05) is 18.5 Å². The van der Waals surface area contributed by atoms with E-state index in [9.17, 15) is 9.59 Å². The van der Waals surface area contributed by atoms with Crippen LogP contribution in [0, 0.1) is 5.92 Å². The number of nitrogens with one attached hydrogen (secondary N) is 2. The van der Waals surface area contributed by atoms with E-state index >= 15 is 0 Å². The lowest BCUT2D eigenvalue weighted by molar-refractivity contribution is -0.142. The molecule has 2 fully saturated rings. The lowest BCUT2D eigenvalue weighted by atomic mass is 10.0. The van der Waals surface area contributed by atoms with Crippen LogP contribution in [0.3, 0.4) is 0 Å². The molecule has 0 aromatic heterocycles. The standard InChI is InChI=1S/C12H20N2O3/c15-11(7-8-3-2-6-13-8)14-10-5-1-4-9(10)12(16)17/h8-10,13H,1-7H2,(H,14,15)(H,16,17). The Morgan fingerprint density at radius 1 is 1.24 bits per heavy atom. The summed E-state index contributed by atoms with van der Waals surface area (Å²) in [4.78, 5) is 22.8. The maximum absolute atomic E-state index is 11.8. The normalized spacial score (nSPS) is 32.6. The predicted octanol–water partition coefficient (Wildman–Crippen LogP) is 0.498. The van der Waals surface area contributed by atoms with Gasteiger partial charge in [0.15, 0.2) is 0 Å². The van der Waals surface area contributed by atoms with Crippen molar-refractivity contribution < 1.29 is 14.7 Å². The highest BCUT2D eigenvalue weighted by atomic mass is 16.4. The molecule has 0 aromatic carbocycles. The Morgan fingerprint density at radius 2 is 2.06 bits per heavy atom. The van der Waals surface area contributed by atoms with Crippen LogP contribution in [0.5, 0.6) is 0 Å². The molecular weight excluding hydrogens is 220 g/mol. The smallest absolute Gasteiger partial charge is 0.308 e. The average Bonchev–Trinajstić information content (AvgIpc) is 2.88. The molecule has 0 bridgehead atoms. The number of hydrogen-bond donors (Lipinski definition) is 3. The van der Waals surface area contributed by atoms with Gasteiger partial charge < -0.3 is 15.7 Å². The van der Waals surface area contributed by atoms with E-state index in [0.717, 1.165) is 32.2 Å². The Balaban J connectivity index is 1.79. The van der Waals surface area contributed by atoms with Gasteiger partial charge in [-0.3, -0.25) is 9.59 Å². The van der Waals surface area contributed by atoms with Crippen LogP contribution in [-0.4, -0.2) is 35.6 Å². The number of carbonyl (C=O) groups excluding carboxylic acids is 1. The molecule has 1 amide bonds. The molecule has 17 heavy (non-hydrogen) atoms. The molecule has 5 nitrogen and oxygen atoms in total. The molecule has 1 aliphatic heterocycles. The summed E-state index contributed by atoms with van der Waals surface area (Å²) in [6.07, 6.45) is 5.01. The second-order valence-corrected chi connectivity index (χ2v) is 5.05.